The van der Waals surface area contributed by atoms with Gasteiger partial charge in [0, 0.05) is 25.0 Å². The van der Waals surface area contributed by atoms with Gasteiger partial charge in [0.2, 0.25) is 23.5 Å². The number of hydrogen-bond acceptors (Lipinski definition) is 8. The Kier molecular flexibility index (Phi) is 12.2. The van der Waals surface area contributed by atoms with Crippen LogP contribution in [0, 0.1) is 11.3 Å². The molecule has 1 heterocycles. The van der Waals surface area contributed by atoms with Crippen molar-refractivity contribution in [2.24, 2.45) is 11.3 Å². The molecule has 256 valence electrons. The van der Waals surface area contributed by atoms with E-state index in [-0.39, 0.29) is 30.6 Å². The van der Waals surface area contributed by atoms with Crippen LogP contribution in [0.2, 0.25) is 0 Å². The Bertz CT molecular complexity index is 1350. The molecule has 3 aliphatic carbocycles. The van der Waals surface area contributed by atoms with Crippen molar-refractivity contribution < 1.29 is 28.8 Å². The lowest BCUT2D eigenvalue weighted by molar-refractivity contribution is -0.143. The van der Waals surface area contributed by atoms with Crippen molar-refractivity contribution in [3.63, 3.8) is 0 Å². The van der Waals surface area contributed by atoms with Gasteiger partial charge in [-0.05, 0) is 74.7 Å². The number of amides is 5. The average molecular weight is 652 g/mol. The topological polar surface area (TPSA) is 180 Å². The second-order valence-corrected chi connectivity index (χ2v) is 14.0. The SMILES string of the molecule is CCC[C@H](NC(=O)CN(CC1CC1)C(=O)C(NC(=O)[C@@H](NC(=O)c1cnccn1)C1=CCCCC1)C(C)(C)C)C(=O)C(=O)NC1CC1. The van der Waals surface area contributed by atoms with Gasteiger partial charge in [-0.25, -0.2) is 4.98 Å². The van der Waals surface area contributed by atoms with Crippen LogP contribution in [0.4, 0.5) is 0 Å². The molecule has 5 amide bonds. The molecule has 13 nitrogen and oxygen atoms in total. The maximum Gasteiger partial charge on any atom is 0.289 e. The highest BCUT2D eigenvalue weighted by atomic mass is 16.2. The highest BCUT2D eigenvalue weighted by molar-refractivity contribution is 6.38. The number of carbonyl (C=O) groups is 6. The van der Waals surface area contributed by atoms with E-state index in [2.05, 4.69) is 31.2 Å². The van der Waals surface area contributed by atoms with Gasteiger partial charge in [-0.2, -0.15) is 0 Å². The van der Waals surface area contributed by atoms with Gasteiger partial charge in [-0.1, -0.05) is 40.2 Å². The van der Waals surface area contributed by atoms with Gasteiger partial charge >= 0.3 is 0 Å². The molecule has 4 N–H and O–H groups in total. The van der Waals surface area contributed by atoms with Crippen LogP contribution < -0.4 is 21.3 Å². The third-order valence-electron chi connectivity index (χ3n) is 8.62. The molecule has 3 atom stereocenters. The first-order valence-corrected chi connectivity index (χ1v) is 16.9. The number of rotatable bonds is 16. The van der Waals surface area contributed by atoms with Gasteiger partial charge in [0.15, 0.2) is 0 Å². The lowest BCUT2D eigenvalue weighted by atomic mass is 9.85. The van der Waals surface area contributed by atoms with Crippen LogP contribution in [-0.4, -0.2) is 87.4 Å². The highest BCUT2D eigenvalue weighted by Gasteiger charge is 2.40. The van der Waals surface area contributed by atoms with E-state index in [4.69, 9.17) is 0 Å². The van der Waals surface area contributed by atoms with E-state index in [9.17, 15) is 28.8 Å². The zero-order chi connectivity index (χ0) is 34.1. The molecular weight excluding hydrogens is 602 g/mol. The summed E-state index contributed by atoms with van der Waals surface area (Å²) < 4.78 is 0. The van der Waals surface area contributed by atoms with Crippen molar-refractivity contribution in [1.29, 1.82) is 0 Å². The van der Waals surface area contributed by atoms with Crippen molar-refractivity contribution in [1.82, 2.24) is 36.1 Å². The van der Waals surface area contributed by atoms with Gasteiger partial charge in [0.05, 0.1) is 18.8 Å². The highest BCUT2D eigenvalue weighted by Crippen LogP contribution is 2.31. The summed E-state index contributed by atoms with van der Waals surface area (Å²) in [7, 11) is 0. The van der Waals surface area contributed by atoms with Crippen molar-refractivity contribution in [3.05, 3.63) is 35.9 Å². The number of nitrogens with one attached hydrogen (secondary N) is 4. The van der Waals surface area contributed by atoms with Crippen LogP contribution in [0.3, 0.4) is 0 Å². The molecule has 47 heavy (non-hydrogen) atoms. The van der Waals surface area contributed by atoms with Crippen LogP contribution >= 0.6 is 0 Å². The van der Waals surface area contributed by atoms with Crippen LogP contribution in [0.5, 0.6) is 0 Å². The molecule has 1 aromatic heterocycles. The van der Waals surface area contributed by atoms with E-state index in [0.29, 0.717) is 19.4 Å². The minimum Gasteiger partial charge on any atom is -0.347 e. The third-order valence-corrected chi connectivity index (χ3v) is 8.62. The molecule has 0 saturated heterocycles. The lowest BCUT2D eigenvalue weighted by Gasteiger charge is -2.36. The fraction of sp³-hybridized carbons (Fsp3) is 0.647. The largest absolute Gasteiger partial charge is 0.347 e. The number of carbonyl (C=O) groups excluding carboxylic acids is 6. The summed E-state index contributed by atoms with van der Waals surface area (Å²) >= 11 is 0. The first-order valence-electron chi connectivity index (χ1n) is 16.9. The lowest BCUT2D eigenvalue weighted by Crippen LogP contribution is -2.60. The van der Waals surface area contributed by atoms with E-state index in [1.807, 2.05) is 33.8 Å². The fourth-order valence-corrected chi connectivity index (χ4v) is 5.59. The zero-order valence-corrected chi connectivity index (χ0v) is 28.0. The number of aromatic nitrogens is 2. The molecule has 1 aromatic rings. The number of hydrogen-bond donors (Lipinski definition) is 4. The Morgan fingerprint density at radius 1 is 0.979 bits per heavy atom. The molecule has 2 fully saturated rings. The summed E-state index contributed by atoms with van der Waals surface area (Å²) in [5.74, 6) is -3.25. The molecule has 1 unspecified atom stereocenters. The molecule has 0 radical (unpaired) electrons. The summed E-state index contributed by atoms with van der Waals surface area (Å²) in [4.78, 5) is 89.3. The molecule has 0 spiro atoms. The molecule has 0 aliphatic heterocycles. The molecule has 13 heteroatoms. The van der Waals surface area contributed by atoms with Gasteiger partial charge in [-0.3, -0.25) is 33.8 Å². The Balaban J connectivity index is 1.50. The summed E-state index contributed by atoms with van der Waals surface area (Å²) in [5, 5.41) is 11.1. The summed E-state index contributed by atoms with van der Waals surface area (Å²) in [5.41, 5.74) is 0.0712. The Hall–Kier alpha value is -4.16. The van der Waals surface area contributed by atoms with Gasteiger partial charge in [0.25, 0.3) is 11.8 Å². The average Bonchev–Trinajstić information content (AvgIpc) is 3.99. The number of allylic oxidation sites excluding steroid dienone is 1. The molecular formula is C34H49N7O6. The van der Waals surface area contributed by atoms with Crippen LogP contribution in [0.25, 0.3) is 0 Å². The number of nitrogens with zero attached hydrogens (tertiary/aromatic N) is 3. The Morgan fingerprint density at radius 2 is 1.72 bits per heavy atom. The fourth-order valence-electron chi connectivity index (χ4n) is 5.59. The maximum absolute atomic E-state index is 14.2. The van der Waals surface area contributed by atoms with Crippen LogP contribution in [0.1, 0.15) is 102 Å². The van der Waals surface area contributed by atoms with Crippen LogP contribution in [0.15, 0.2) is 30.2 Å². The predicted octanol–water partition coefficient (Wildman–Crippen LogP) is 1.98. The summed E-state index contributed by atoms with van der Waals surface area (Å²) in [6.07, 6.45) is 13.7. The van der Waals surface area contributed by atoms with E-state index in [0.717, 1.165) is 50.5 Å². The number of Topliss-reactive ketones (excluding diaryl/α,β-unsaturated/α-hetero) is 1. The second-order valence-electron chi connectivity index (χ2n) is 14.0. The third kappa shape index (κ3) is 10.7. The molecule has 4 rings (SSSR count). The van der Waals surface area contributed by atoms with Crippen molar-refractivity contribution in [3.8, 4) is 0 Å². The van der Waals surface area contributed by atoms with E-state index in [1.54, 1.807) is 0 Å². The molecule has 0 aromatic carbocycles. The van der Waals surface area contributed by atoms with Gasteiger partial charge < -0.3 is 26.2 Å². The van der Waals surface area contributed by atoms with Crippen LogP contribution in [-0.2, 0) is 24.0 Å². The maximum atomic E-state index is 14.2. The monoisotopic (exact) mass is 651 g/mol. The minimum atomic E-state index is -1.03. The smallest absolute Gasteiger partial charge is 0.289 e. The van der Waals surface area contributed by atoms with Gasteiger partial charge in [0.1, 0.15) is 17.8 Å². The normalized spacial score (nSPS) is 18.1. The Morgan fingerprint density at radius 3 is 2.30 bits per heavy atom. The van der Waals surface area contributed by atoms with Crippen molar-refractivity contribution in [2.75, 3.05) is 13.1 Å². The first kappa shape index (κ1) is 35.7. The first-order chi connectivity index (χ1) is 22.4. The molecule has 3 aliphatic rings. The quantitative estimate of drug-likeness (QED) is 0.155. The summed E-state index contributed by atoms with van der Waals surface area (Å²) in [6, 6.07) is -3.04. The predicted molar refractivity (Wildman–Crippen MR) is 174 cm³/mol. The van der Waals surface area contributed by atoms with E-state index >= 15 is 0 Å². The second kappa shape index (κ2) is 16.1. The Labute approximate surface area is 276 Å². The summed E-state index contributed by atoms with van der Waals surface area (Å²) in [6.45, 7) is 7.33. The minimum absolute atomic E-state index is 0.00922. The van der Waals surface area contributed by atoms with Crippen molar-refractivity contribution >= 4 is 35.3 Å². The standard InChI is InChI=1S/C34H49N7O6/c1-5-9-24(28(43)32(46)37-23-14-15-23)38-26(42)20-41(19-21-12-13-21)33(47)29(34(2,3)4)40-31(45)27(22-10-7-6-8-11-22)39-30(44)25-18-35-16-17-36-25/h10,16-18,21,23-24,27,29H,5-9,11-15,19-20H2,1-4H3,(H,37,46)(H,38,42)(H,39,44)(H,40,45)/t24-,27-,29?/m0/s1. The van der Waals surface area contributed by atoms with Crippen molar-refractivity contribution in [2.45, 2.75) is 116 Å². The molecule has 0 bridgehead atoms. The van der Waals surface area contributed by atoms with E-state index < -0.39 is 58.9 Å². The van der Waals surface area contributed by atoms with Gasteiger partial charge in [-0.15, -0.1) is 0 Å². The number of ketones is 1. The van der Waals surface area contributed by atoms with E-state index in [1.165, 1.54) is 23.5 Å². The molecule has 2 saturated carbocycles. The zero-order valence-electron chi connectivity index (χ0n) is 28.0.